The number of benzene rings is 1. The van der Waals surface area contributed by atoms with Gasteiger partial charge in [0.2, 0.25) is 0 Å². The van der Waals surface area contributed by atoms with Crippen LogP contribution in [0.5, 0.6) is 0 Å². The molecular formula is C16H19N5O4. The number of nitrogens with zero attached hydrogens (tertiary/aromatic N) is 3. The first kappa shape index (κ1) is 17.1. The van der Waals surface area contributed by atoms with Gasteiger partial charge in [0.15, 0.2) is 5.69 Å². The first-order chi connectivity index (χ1) is 12.1. The van der Waals surface area contributed by atoms with E-state index >= 15 is 0 Å². The highest BCUT2D eigenvalue weighted by Crippen LogP contribution is 2.21. The average Bonchev–Trinajstić information content (AvgIpc) is 3.13. The summed E-state index contributed by atoms with van der Waals surface area (Å²) in [5.74, 6) is -0.252. The number of H-pyrrole nitrogens is 1. The third-order valence-electron chi connectivity index (χ3n) is 4.02. The monoisotopic (exact) mass is 345 g/mol. The summed E-state index contributed by atoms with van der Waals surface area (Å²) in [4.78, 5) is 24.6. The van der Waals surface area contributed by atoms with Crippen LogP contribution in [0.2, 0.25) is 0 Å². The van der Waals surface area contributed by atoms with Gasteiger partial charge in [-0.1, -0.05) is 0 Å². The number of ether oxygens (including phenoxy) is 1. The first-order valence-electron chi connectivity index (χ1n) is 8.02. The van der Waals surface area contributed by atoms with Gasteiger partial charge in [-0.3, -0.25) is 24.9 Å². The molecule has 2 N–H and O–H groups in total. The van der Waals surface area contributed by atoms with Crippen LogP contribution in [0.15, 0.2) is 30.3 Å². The molecule has 0 saturated carbocycles. The van der Waals surface area contributed by atoms with Crippen LogP contribution in [-0.2, 0) is 4.74 Å². The highest BCUT2D eigenvalue weighted by atomic mass is 16.6. The fourth-order valence-corrected chi connectivity index (χ4v) is 2.59. The van der Waals surface area contributed by atoms with Crippen LogP contribution >= 0.6 is 0 Å². The molecule has 1 aliphatic rings. The number of aromatic nitrogens is 2. The van der Waals surface area contributed by atoms with Gasteiger partial charge in [0.1, 0.15) is 0 Å². The van der Waals surface area contributed by atoms with E-state index in [1.54, 1.807) is 18.2 Å². The van der Waals surface area contributed by atoms with E-state index in [-0.39, 0.29) is 17.3 Å². The summed E-state index contributed by atoms with van der Waals surface area (Å²) >= 11 is 0. The lowest BCUT2D eigenvalue weighted by molar-refractivity contribution is -0.384. The minimum atomic E-state index is -0.454. The van der Waals surface area contributed by atoms with Gasteiger partial charge in [-0.2, -0.15) is 5.10 Å². The van der Waals surface area contributed by atoms with Gasteiger partial charge < -0.3 is 10.1 Å². The normalized spacial score (nSPS) is 15.0. The number of rotatable bonds is 6. The zero-order chi connectivity index (χ0) is 17.6. The quantitative estimate of drug-likeness (QED) is 0.597. The maximum absolute atomic E-state index is 12.1. The lowest BCUT2D eigenvalue weighted by Crippen LogP contribution is -2.41. The fourth-order valence-electron chi connectivity index (χ4n) is 2.59. The Bertz CT molecular complexity index is 737. The van der Waals surface area contributed by atoms with E-state index < -0.39 is 4.92 Å². The summed E-state index contributed by atoms with van der Waals surface area (Å²) in [5.41, 5.74) is 1.67. The molecule has 1 fully saturated rings. The summed E-state index contributed by atoms with van der Waals surface area (Å²) in [5, 5.41) is 20.3. The molecule has 3 rings (SSSR count). The van der Waals surface area contributed by atoms with E-state index in [1.807, 2.05) is 0 Å². The van der Waals surface area contributed by atoms with Crippen LogP contribution < -0.4 is 5.32 Å². The second-order valence-corrected chi connectivity index (χ2v) is 5.68. The Kier molecular flexibility index (Phi) is 5.36. The number of nitro groups is 1. The van der Waals surface area contributed by atoms with Crippen molar-refractivity contribution in [1.29, 1.82) is 0 Å². The molecule has 2 heterocycles. The van der Waals surface area contributed by atoms with Crippen molar-refractivity contribution in [3.63, 3.8) is 0 Å². The molecule has 132 valence electrons. The summed E-state index contributed by atoms with van der Waals surface area (Å²) in [6, 6.07) is 7.69. The van der Waals surface area contributed by atoms with E-state index in [1.165, 1.54) is 12.1 Å². The highest BCUT2D eigenvalue weighted by molar-refractivity contribution is 5.93. The van der Waals surface area contributed by atoms with Crippen LogP contribution in [0.1, 0.15) is 10.5 Å². The molecule has 1 aliphatic heterocycles. The summed E-state index contributed by atoms with van der Waals surface area (Å²) in [6.07, 6.45) is 0. The van der Waals surface area contributed by atoms with Crippen molar-refractivity contribution < 1.29 is 14.5 Å². The summed E-state index contributed by atoms with van der Waals surface area (Å²) in [7, 11) is 0. The Hall–Kier alpha value is -2.78. The molecular weight excluding hydrogens is 326 g/mol. The minimum Gasteiger partial charge on any atom is -0.379 e. The molecule has 9 nitrogen and oxygen atoms in total. The van der Waals surface area contributed by atoms with Gasteiger partial charge in [-0.05, 0) is 18.2 Å². The Labute approximate surface area is 144 Å². The van der Waals surface area contributed by atoms with E-state index in [0.29, 0.717) is 12.2 Å². The number of nitro benzene ring substituents is 1. The molecule has 0 bridgehead atoms. The largest absolute Gasteiger partial charge is 0.379 e. The number of morpholine rings is 1. The van der Waals surface area contributed by atoms with Gasteiger partial charge in [-0.25, -0.2) is 0 Å². The van der Waals surface area contributed by atoms with Crippen molar-refractivity contribution in [2.45, 2.75) is 0 Å². The molecule has 1 amide bonds. The van der Waals surface area contributed by atoms with Crippen LogP contribution in [0.25, 0.3) is 11.3 Å². The Morgan fingerprint density at radius 1 is 1.32 bits per heavy atom. The molecule has 2 aromatic rings. The second-order valence-electron chi connectivity index (χ2n) is 5.68. The van der Waals surface area contributed by atoms with Crippen molar-refractivity contribution in [3.05, 3.63) is 46.1 Å². The van der Waals surface area contributed by atoms with E-state index in [9.17, 15) is 14.9 Å². The topological polar surface area (TPSA) is 113 Å². The van der Waals surface area contributed by atoms with Crippen LogP contribution in [0.4, 0.5) is 5.69 Å². The zero-order valence-corrected chi connectivity index (χ0v) is 13.6. The predicted molar refractivity (Wildman–Crippen MR) is 90.3 cm³/mol. The average molecular weight is 345 g/mol. The van der Waals surface area contributed by atoms with Crippen molar-refractivity contribution in [2.75, 3.05) is 39.4 Å². The summed E-state index contributed by atoms with van der Waals surface area (Å²) in [6.45, 7) is 4.52. The number of hydrogen-bond acceptors (Lipinski definition) is 6. The molecule has 0 atom stereocenters. The number of carbonyl (C=O) groups is 1. The third-order valence-corrected chi connectivity index (χ3v) is 4.02. The number of non-ortho nitro benzene ring substituents is 1. The smallest absolute Gasteiger partial charge is 0.271 e. The minimum absolute atomic E-state index is 0.0179. The first-order valence-corrected chi connectivity index (χ1v) is 8.02. The molecule has 1 saturated heterocycles. The lowest BCUT2D eigenvalue weighted by Gasteiger charge is -2.26. The fraction of sp³-hybridized carbons (Fsp3) is 0.375. The van der Waals surface area contributed by atoms with Crippen molar-refractivity contribution >= 4 is 11.6 Å². The Morgan fingerprint density at radius 3 is 2.72 bits per heavy atom. The maximum atomic E-state index is 12.1. The molecule has 1 aromatic heterocycles. The Morgan fingerprint density at radius 2 is 2.04 bits per heavy atom. The van der Waals surface area contributed by atoms with Gasteiger partial charge in [0.05, 0.1) is 23.8 Å². The van der Waals surface area contributed by atoms with Gasteiger partial charge in [0, 0.05) is 43.9 Å². The predicted octanol–water partition coefficient (Wildman–Crippen LogP) is 1.05. The van der Waals surface area contributed by atoms with Crippen LogP contribution in [0, 0.1) is 10.1 Å². The van der Waals surface area contributed by atoms with Gasteiger partial charge in [-0.15, -0.1) is 0 Å². The van der Waals surface area contributed by atoms with Crippen molar-refractivity contribution in [2.24, 2.45) is 0 Å². The number of nitrogens with one attached hydrogen (secondary N) is 2. The number of hydrogen-bond donors (Lipinski definition) is 2. The van der Waals surface area contributed by atoms with Gasteiger partial charge >= 0.3 is 0 Å². The Balaban J connectivity index is 1.54. The zero-order valence-electron chi connectivity index (χ0n) is 13.6. The number of aromatic amines is 1. The number of amides is 1. The lowest BCUT2D eigenvalue weighted by atomic mass is 10.1. The summed E-state index contributed by atoms with van der Waals surface area (Å²) < 4.78 is 5.28. The van der Waals surface area contributed by atoms with Crippen LogP contribution in [0.3, 0.4) is 0 Å². The van der Waals surface area contributed by atoms with E-state index in [4.69, 9.17) is 4.74 Å². The maximum Gasteiger partial charge on any atom is 0.271 e. The molecule has 0 unspecified atom stereocenters. The van der Waals surface area contributed by atoms with Gasteiger partial charge in [0.25, 0.3) is 11.6 Å². The van der Waals surface area contributed by atoms with E-state index in [2.05, 4.69) is 20.4 Å². The molecule has 9 heteroatoms. The second kappa shape index (κ2) is 7.86. The standard InChI is InChI=1S/C16H19N5O4/c22-16(17-5-6-20-7-9-25-10-8-20)15-11-14(18-19-15)12-1-3-13(4-2-12)21(23)24/h1-4,11H,5-10H2,(H,17,22)(H,18,19). The molecule has 0 spiro atoms. The third kappa shape index (κ3) is 4.40. The van der Waals surface area contributed by atoms with E-state index in [0.717, 1.165) is 38.4 Å². The molecule has 0 radical (unpaired) electrons. The van der Waals surface area contributed by atoms with Crippen molar-refractivity contribution in [1.82, 2.24) is 20.4 Å². The highest BCUT2D eigenvalue weighted by Gasteiger charge is 2.14. The van der Waals surface area contributed by atoms with Crippen molar-refractivity contribution in [3.8, 4) is 11.3 Å². The van der Waals surface area contributed by atoms with Crippen LogP contribution in [-0.4, -0.2) is 65.3 Å². The molecule has 0 aliphatic carbocycles. The molecule has 25 heavy (non-hydrogen) atoms. The molecule has 1 aromatic carbocycles. The SMILES string of the molecule is O=C(NCCN1CCOCC1)c1cc(-c2ccc([N+](=O)[O-])cc2)[nH]n1. The number of carbonyl (C=O) groups excluding carboxylic acids is 1.